The van der Waals surface area contributed by atoms with Gasteiger partial charge in [-0.3, -0.25) is 0 Å². The van der Waals surface area contributed by atoms with Gasteiger partial charge in [-0.25, -0.2) is 0 Å². The molecule has 1 atom stereocenters. The van der Waals surface area contributed by atoms with Crippen LogP contribution in [0.3, 0.4) is 0 Å². The van der Waals surface area contributed by atoms with Crippen LogP contribution in [0.2, 0.25) is 0 Å². The Bertz CT molecular complexity index is 478. The molecule has 0 saturated heterocycles. The molecule has 0 heterocycles. The van der Waals surface area contributed by atoms with Gasteiger partial charge in [0, 0.05) is 11.8 Å². The van der Waals surface area contributed by atoms with Crippen LogP contribution in [0, 0.1) is 0 Å². The lowest BCUT2D eigenvalue weighted by Gasteiger charge is -2.18. The predicted octanol–water partition coefficient (Wildman–Crippen LogP) is 4.85. The molecule has 0 aliphatic carbocycles. The Balaban J connectivity index is 2.26. The van der Waals surface area contributed by atoms with Gasteiger partial charge >= 0.3 is 0 Å². The van der Waals surface area contributed by atoms with Gasteiger partial charge in [0.25, 0.3) is 0 Å². The molecule has 0 spiro atoms. The van der Waals surface area contributed by atoms with Gasteiger partial charge in [-0.05, 0) is 36.1 Å². The fourth-order valence-corrected chi connectivity index (χ4v) is 2.48. The van der Waals surface area contributed by atoms with E-state index < -0.39 is 0 Å². The third kappa shape index (κ3) is 3.74. The van der Waals surface area contributed by atoms with Crippen LogP contribution in [0.25, 0.3) is 0 Å². The number of halogens is 1. The molecule has 0 fully saturated rings. The van der Waals surface area contributed by atoms with E-state index in [1.165, 1.54) is 11.1 Å². The molecular weight excluding hydrogens is 256 g/mol. The van der Waals surface area contributed by atoms with E-state index in [0.29, 0.717) is 11.8 Å². The number of hydrogen-bond acceptors (Lipinski definition) is 1. The first-order valence-electron chi connectivity index (χ1n) is 6.60. The van der Waals surface area contributed by atoms with Gasteiger partial charge in [-0.2, -0.15) is 0 Å². The molecule has 0 amide bonds. The fraction of sp³-hybridized carbons (Fsp3) is 0.294. The molecule has 0 radical (unpaired) electrons. The van der Waals surface area contributed by atoms with Gasteiger partial charge in [0.2, 0.25) is 0 Å². The maximum Gasteiger partial charge on any atom is 0.118 e. The molecule has 2 aromatic carbocycles. The first-order chi connectivity index (χ1) is 9.35. The van der Waals surface area contributed by atoms with Crippen LogP contribution in [-0.4, -0.2) is 13.0 Å². The van der Waals surface area contributed by atoms with E-state index in [1.54, 1.807) is 7.11 Å². The summed E-state index contributed by atoms with van der Waals surface area (Å²) >= 11 is 5.85. The minimum absolute atomic E-state index is 0.408. The van der Waals surface area contributed by atoms with Crippen molar-refractivity contribution in [2.45, 2.75) is 18.8 Å². The highest BCUT2D eigenvalue weighted by molar-refractivity contribution is 6.17. The Morgan fingerprint density at radius 1 is 0.947 bits per heavy atom. The summed E-state index contributed by atoms with van der Waals surface area (Å²) in [7, 11) is 1.69. The van der Waals surface area contributed by atoms with Crippen molar-refractivity contribution >= 4 is 11.6 Å². The van der Waals surface area contributed by atoms with Crippen LogP contribution in [-0.2, 0) is 0 Å². The molecule has 0 aliphatic rings. The van der Waals surface area contributed by atoms with Crippen LogP contribution in [0.1, 0.15) is 29.9 Å². The average molecular weight is 275 g/mol. The molecule has 0 saturated carbocycles. The van der Waals surface area contributed by atoms with Gasteiger partial charge in [0.1, 0.15) is 5.75 Å². The molecule has 2 heteroatoms. The second kappa shape index (κ2) is 7.20. The fourth-order valence-electron chi connectivity index (χ4n) is 2.33. The Morgan fingerprint density at radius 3 is 2.16 bits per heavy atom. The zero-order valence-electron chi connectivity index (χ0n) is 11.2. The van der Waals surface area contributed by atoms with E-state index in [0.717, 1.165) is 18.6 Å². The summed E-state index contributed by atoms with van der Waals surface area (Å²) in [5, 5.41) is 0. The normalized spacial score (nSPS) is 12.1. The molecule has 0 aliphatic heterocycles. The number of hydrogen-bond donors (Lipinski definition) is 0. The van der Waals surface area contributed by atoms with E-state index in [-0.39, 0.29) is 0 Å². The second-order valence-corrected chi connectivity index (χ2v) is 4.95. The highest BCUT2D eigenvalue weighted by atomic mass is 35.5. The van der Waals surface area contributed by atoms with Crippen LogP contribution in [0.15, 0.2) is 54.6 Å². The molecule has 2 aromatic rings. The third-order valence-corrected chi connectivity index (χ3v) is 3.61. The number of methoxy groups -OCH3 is 1. The molecule has 1 unspecified atom stereocenters. The highest BCUT2D eigenvalue weighted by Crippen LogP contribution is 2.30. The van der Waals surface area contributed by atoms with Crippen LogP contribution < -0.4 is 4.74 Å². The summed E-state index contributed by atoms with van der Waals surface area (Å²) in [5.74, 6) is 2.01. The van der Waals surface area contributed by atoms with E-state index in [9.17, 15) is 0 Å². The first-order valence-corrected chi connectivity index (χ1v) is 7.13. The van der Waals surface area contributed by atoms with Crippen molar-refractivity contribution in [1.82, 2.24) is 0 Å². The van der Waals surface area contributed by atoms with Gasteiger partial charge in [0.15, 0.2) is 0 Å². The number of benzene rings is 2. The van der Waals surface area contributed by atoms with E-state index in [1.807, 2.05) is 12.1 Å². The third-order valence-electron chi connectivity index (χ3n) is 3.35. The average Bonchev–Trinajstić information content (AvgIpc) is 2.49. The van der Waals surface area contributed by atoms with Crippen LogP contribution in [0.4, 0.5) is 0 Å². The van der Waals surface area contributed by atoms with Crippen molar-refractivity contribution in [2.24, 2.45) is 0 Å². The molecular formula is C17H19ClO. The van der Waals surface area contributed by atoms with Gasteiger partial charge in [-0.15, -0.1) is 11.6 Å². The van der Waals surface area contributed by atoms with E-state index >= 15 is 0 Å². The molecule has 2 rings (SSSR count). The molecule has 0 aromatic heterocycles. The summed E-state index contributed by atoms with van der Waals surface area (Å²) < 4.78 is 5.21. The van der Waals surface area contributed by atoms with Crippen molar-refractivity contribution in [3.05, 3.63) is 65.7 Å². The maximum atomic E-state index is 5.85. The molecule has 19 heavy (non-hydrogen) atoms. The predicted molar refractivity (Wildman–Crippen MR) is 81.2 cm³/mol. The topological polar surface area (TPSA) is 9.23 Å². The smallest absolute Gasteiger partial charge is 0.118 e. The summed E-state index contributed by atoms with van der Waals surface area (Å²) in [6.07, 6.45) is 2.09. The van der Waals surface area contributed by atoms with Crippen molar-refractivity contribution in [1.29, 1.82) is 0 Å². The quantitative estimate of drug-likeness (QED) is 0.685. The molecule has 1 nitrogen and oxygen atoms in total. The zero-order valence-corrected chi connectivity index (χ0v) is 11.9. The van der Waals surface area contributed by atoms with Crippen LogP contribution >= 0.6 is 11.6 Å². The Morgan fingerprint density at radius 2 is 1.58 bits per heavy atom. The van der Waals surface area contributed by atoms with Gasteiger partial charge in [0.05, 0.1) is 7.11 Å². The lowest BCUT2D eigenvalue weighted by molar-refractivity contribution is 0.414. The van der Waals surface area contributed by atoms with Gasteiger partial charge < -0.3 is 4.74 Å². The van der Waals surface area contributed by atoms with Crippen molar-refractivity contribution in [2.75, 3.05) is 13.0 Å². The Hall–Kier alpha value is -1.47. The Kier molecular flexibility index (Phi) is 5.29. The van der Waals surface area contributed by atoms with Crippen molar-refractivity contribution in [3.63, 3.8) is 0 Å². The molecule has 0 N–H and O–H groups in total. The standard InChI is InChI=1S/C17H19ClO/c1-19-16-11-9-15(10-12-16)17(8-5-13-18)14-6-3-2-4-7-14/h2-4,6-7,9-12,17H,5,8,13H2,1H3. The zero-order chi connectivity index (χ0) is 13.5. The first kappa shape index (κ1) is 14.0. The largest absolute Gasteiger partial charge is 0.497 e. The number of alkyl halides is 1. The summed E-state index contributed by atoms with van der Waals surface area (Å²) in [5.41, 5.74) is 2.66. The second-order valence-electron chi connectivity index (χ2n) is 4.57. The minimum Gasteiger partial charge on any atom is -0.497 e. The van der Waals surface area contributed by atoms with Gasteiger partial charge in [-0.1, -0.05) is 42.5 Å². The monoisotopic (exact) mass is 274 g/mol. The number of rotatable bonds is 6. The lowest BCUT2D eigenvalue weighted by Crippen LogP contribution is -2.01. The SMILES string of the molecule is COc1ccc(C(CCCCl)c2ccccc2)cc1. The Labute approximate surface area is 120 Å². The molecule has 0 bridgehead atoms. The van der Waals surface area contributed by atoms with Crippen LogP contribution in [0.5, 0.6) is 5.75 Å². The minimum atomic E-state index is 0.408. The summed E-state index contributed by atoms with van der Waals surface area (Å²) in [4.78, 5) is 0. The van der Waals surface area contributed by atoms with E-state index in [4.69, 9.17) is 16.3 Å². The highest BCUT2D eigenvalue weighted by Gasteiger charge is 2.13. The maximum absolute atomic E-state index is 5.85. The lowest BCUT2D eigenvalue weighted by atomic mass is 9.88. The van der Waals surface area contributed by atoms with E-state index in [2.05, 4.69) is 42.5 Å². The summed E-state index contributed by atoms with van der Waals surface area (Å²) in [6, 6.07) is 18.9. The van der Waals surface area contributed by atoms with Crippen molar-refractivity contribution in [3.8, 4) is 5.75 Å². The van der Waals surface area contributed by atoms with Crippen molar-refractivity contribution < 1.29 is 4.74 Å². The summed E-state index contributed by atoms with van der Waals surface area (Å²) in [6.45, 7) is 0. The number of ether oxygens (including phenoxy) is 1. The molecule has 100 valence electrons.